The predicted octanol–water partition coefficient (Wildman–Crippen LogP) is 5.95. The number of piperidine rings is 1. The van der Waals surface area contributed by atoms with E-state index in [1.54, 1.807) is 0 Å². The quantitative estimate of drug-likeness (QED) is 0.226. The number of benzene rings is 1. The summed E-state index contributed by atoms with van der Waals surface area (Å²) < 4.78 is 16.9. The van der Waals surface area contributed by atoms with Crippen molar-refractivity contribution in [1.82, 2.24) is 5.32 Å². The number of hydrogen-bond donors (Lipinski definition) is 1. The molecule has 1 heterocycles. The number of esters is 2. The van der Waals surface area contributed by atoms with Gasteiger partial charge in [-0.1, -0.05) is 31.5 Å². The van der Waals surface area contributed by atoms with E-state index < -0.39 is 11.0 Å². The van der Waals surface area contributed by atoms with Crippen molar-refractivity contribution in [2.45, 2.75) is 96.3 Å². The number of thioether (sulfide) groups is 1. The SMILES string of the molecule is CCCCSC(CC(=O)OC)Cc1ccccc1OCCCCC1(C(=O)OC(C)(C)C)CCNCC1. The van der Waals surface area contributed by atoms with E-state index in [1.807, 2.05) is 50.7 Å². The van der Waals surface area contributed by atoms with E-state index in [2.05, 4.69) is 18.3 Å². The Balaban J connectivity index is 1.91. The van der Waals surface area contributed by atoms with Crippen molar-refractivity contribution >= 4 is 23.7 Å². The van der Waals surface area contributed by atoms with Crippen molar-refractivity contribution in [2.24, 2.45) is 5.41 Å². The summed E-state index contributed by atoms with van der Waals surface area (Å²) in [6.45, 7) is 10.3. The molecule has 0 amide bonds. The van der Waals surface area contributed by atoms with Crippen LogP contribution in [0.4, 0.5) is 0 Å². The molecule has 36 heavy (non-hydrogen) atoms. The van der Waals surface area contributed by atoms with Crippen molar-refractivity contribution in [3.05, 3.63) is 29.8 Å². The second-order valence-corrected chi connectivity index (χ2v) is 12.2. The van der Waals surface area contributed by atoms with E-state index in [-0.39, 0.29) is 17.2 Å². The van der Waals surface area contributed by atoms with Crippen molar-refractivity contribution in [3.63, 3.8) is 0 Å². The zero-order chi connectivity index (χ0) is 26.4. The van der Waals surface area contributed by atoms with Gasteiger partial charge in [-0.05, 0) is 96.2 Å². The maximum Gasteiger partial charge on any atom is 0.312 e. The lowest BCUT2D eigenvalue weighted by atomic mass is 9.75. The van der Waals surface area contributed by atoms with Crippen molar-refractivity contribution in [2.75, 3.05) is 32.6 Å². The van der Waals surface area contributed by atoms with Crippen LogP contribution in [0.1, 0.15) is 84.6 Å². The second-order valence-electron chi connectivity index (χ2n) is 10.8. The average molecular weight is 522 g/mol. The summed E-state index contributed by atoms with van der Waals surface area (Å²) in [5, 5.41) is 3.54. The summed E-state index contributed by atoms with van der Waals surface area (Å²) in [5.74, 6) is 1.70. The highest BCUT2D eigenvalue weighted by Gasteiger charge is 2.41. The Bertz CT molecular complexity index is 801. The molecule has 2 rings (SSSR count). The van der Waals surface area contributed by atoms with Gasteiger partial charge in [-0.25, -0.2) is 0 Å². The summed E-state index contributed by atoms with van der Waals surface area (Å²) in [6.07, 6.45) is 7.72. The van der Waals surface area contributed by atoms with Crippen LogP contribution in [-0.2, 0) is 25.5 Å². The fourth-order valence-electron chi connectivity index (χ4n) is 4.51. The first-order chi connectivity index (χ1) is 17.2. The summed E-state index contributed by atoms with van der Waals surface area (Å²) in [6, 6.07) is 8.11. The lowest BCUT2D eigenvalue weighted by Gasteiger charge is -2.37. The Morgan fingerprint density at radius 3 is 2.50 bits per heavy atom. The van der Waals surface area contributed by atoms with Gasteiger partial charge in [0.25, 0.3) is 0 Å². The van der Waals surface area contributed by atoms with Gasteiger partial charge in [-0.15, -0.1) is 0 Å². The van der Waals surface area contributed by atoms with Crippen LogP contribution < -0.4 is 10.1 Å². The zero-order valence-corrected chi connectivity index (χ0v) is 23.8. The Morgan fingerprint density at radius 1 is 1.11 bits per heavy atom. The van der Waals surface area contributed by atoms with E-state index >= 15 is 0 Å². The smallest absolute Gasteiger partial charge is 0.312 e. The molecule has 0 aliphatic carbocycles. The maximum absolute atomic E-state index is 13.0. The number of methoxy groups -OCH3 is 1. The molecule has 7 heteroatoms. The molecule has 1 aliphatic heterocycles. The molecular formula is C29H47NO5S. The van der Waals surface area contributed by atoms with Gasteiger partial charge in [0.15, 0.2) is 0 Å². The fraction of sp³-hybridized carbons (Fsp3) is 0.724. The monoisotopic (exact) mass is 521 g/mol. The molecule has 1 aromatic carbocycles. The van der Waals surface area contributed by atoms with Gasteiger partial charge in [-0.2, -0.15) is 11.8 Å². The molecule has 1 aliphatic rings. The van der Waals surface area contributed by atoms with Crippen molar-refractivity contribution < 1.29 is 23.8 Å². The van der Waals surface area contributed by atoms with Crippen LogP contribution in [0.25, 0.3) is 0 Å². The highest BCUT2D eigenvalue weighted by molar-refractivity contribution is 7.99. The van der Waals surface area contributed by atoms with Gasteiger partial charge in [0.2, 0.25) is 0 Å². The number of ether oxygens (including phenoxy) is 3. The molecule has 1 unspecified atom stereocenters. The molecule has 0 aromatic heterocycles. The number of rotatable bonds is 15. The van der Waals surface area contributed by atoms with Crippen LogP contribution in [0.15, 0.2) is 24.3 Å². The van der Waals surface area contributed by atoms with E-state index in [4.69, 9.17) is 14.2 Å². The normalized spacial score (nSPS) is 16.2. The molecule has 1 N–H and O–H groups in total. The molecule has 204 valence electrons. The van der Waals surface area contributed by atoms with Gasteiger partial charge in [0, 0.05) is 5.25 Å². The van der Waals surface area contributed by atoms with Crippen LogP contribution in [0.3, 0.4) is 0 Å². The lowest BCUT2D eigenvalue weighted by molar-refractivity contribution is -0.170. The van der Waals surface area contributed by atoms with Crippen molar-refractivity contribution in [1.29, 1.82) is 0 Å². The van der Waals surface area contributed by atoms with Crippen LogP contribution in [0.2, 0.25) is 0 Å². The third-order valence-corrected chi connectivity index (χ3v) is 7.92. The third kappa shape index (κ3) is 10.7. The summed E-state index contributed by atoms with van der Waals surface area (Å²) >= 11 is 1.84. The Kier molecular flexibility index (Phi) is 13.1. The summed E-state index contributed by atoms with van der Waals surface area (Å²) in [4.78, 5) is 25.0. The highest BCUT2D eigenvalue weighted by atomic mass is 32.2. The van der Waals surface area contributed by atoms with Crippen LogP contribution in [0, 0.1) is 5.41 Å². The third-order valence-electron chi connectivity index (χ3n) is 6.59. The molecule has 0 radical (unpaired) electrons. The zero-order valence-electron chi connectivity index (χ0n) is 23.0. The number of hydrogen-bond acceptors (Lipinski definition) is 7. The van der Waals surface area contributed by atoms with E-state index in [0.717, 1.165) is 81.5 Å². The van der Waals surface area contributed by atoms with Crippen molar-refractivity contribution in [3.8, 4) is 5.75 Å². The first kappa shape index (κ1) is 30.5. The Hall–Kier alpha value is -1.73. The molecule has 1 atom stereocenters. The van der Waals surface area contributed by atoms with Gasteiger partial charge in [0.05, 0.1) is 25.6 Å². The summed E-state index contributed by atoms with van der Waals surface area (Å²) in [5.41, 5.74) is 0.259. The summed E-state index contributed by atoms with van der Waals surface area (Å²) in [7, 11) is 1.45. The van der Waals surface area contributed by atoms with Gasteiger partial charge in [-0.3, -0.25) is 9.59 Å². The number of carbonyl (C=O) groups excluding carboxylic acids is 2. The molecule has 1 fully saturated rings. The molecule has 6 nitrogen and oxygen atoms in total. The topological polar surface area (TPSA) is 73.9 Å². The number of unbranched alkanes of at least 4 members (excludes halogenated alkanes) is 2. The minimum absolute atomic E-state index is 0.0556. The highest BCUT2D eigenvalue weighted by Crippen LogP contribution is 2.37. The number of carbonyl (C=O) groups is 2. The van der Waals surface area contributed by atoms with Crippen LogP contribution >= 0.6 is 11.8 Å². The number of nitrogens with one attached hydrogen (secondary N) is 1. The predicted molar refractivity (Wildman–Crippen MR) is 148 cm³/mol. The molecule has 0 spiro atoms. The molecule has 0 saturated carbocycles. The Labute approximate surface area is 222 Å². The lowest BCUT2D eigenvalue weighted by Crippen LogP contribution is -2.45. The minimum atomic E-state index is -0.470. The first-order valence-corrected chi connectivity index (χ1v) is 14.6. The van der Waals surface area contributed by atoms with E-state index in [0.29, 0.717) is 13.0 Å². The number of para-hydroxylation sites is 1. The van der Waals surface area contributed by atoms with E-state index in [9.17, 15) is 9.59 Å². The van der Waals surface area contributed by atoms with Gasteiger partial charge >= 0.3 is 11.9 Å². The average Bonchev–Trinajstić information content (AvgIpc) is 2.84. The van der Waals surface area contributed by atoms with Crippen LogP contribution in [0.5, 0.6) is 5.75 Å². The fourth-order valence-corrected chi connectivity index (χ4v) is 5.85. The molecule has 1 saturated heterocycles. The van der Waals surface area contributed by atoms with Gasteiger partial charge < -0.3 is 19.5 Å². The molecule has 1 aromatic rings. The second kappa shape index (κ2) is 15.5. The minimum Gasteiger partial charge on any atom is -0.493 e. The van der Waals surface area contributed by atoms with E-state index in [1.165, 1.54) is 7.11 Å². The largest absolute Gasteiger partial charge is 0.493 e. The standard InChI is InChI=1S/C29H47NO5S/c1-6-7-20-36-24(22-26(31)33-5)21-23-12-8-9-13-25(23)34-19-11-10-14-29(15-17-30-18-16-29)27(32)35-28(2,3)4/h8-9,12-13,24,30H,6-7,10-11,14-22H2,1-5H3. The van der Waals surface area contributed by atoms with Gasteiger partial charge in [0.1, 0.15) is 11.4 Å². The molecular weight excluding hydrogens is 474 g/mol. The maximum atomic E-state index is 13.0. The molecule has 0 bridgehead atoms. The van der Waals surface area contributed by atoms with Crippen LogP contribution in [-0.4, -0.2) is 55.3 Å². The first-order valence-electron chi connectivity index (χ1n) is 13.5. The Morgan fingerprint density at radius 2 is 1.83 bits per heavy atom.